The number of hydrogen-bond donors (Lipinski definition) is 3. The number of aromatic amines is 3. The summed E-state index contributed by atoms with van der Waals surface area (Å²) < 4.78 is 10.8. The van der Waals surface area contributed by atoms with Gasteiger partial charge in [0.1, 0.15) is 5.75 Å². The van der Waals surface area contributed by atoms with E-state index >= 15 is 0 Å². The number of nitrogens with zero attached hydrogens (tertiary/aromatic N) is 1. The van der Waals surface area contributed by atoms with Gasteiger partial charge in [-0.15, -0.1) is 5.10 Å². The van der Waals surface area contributed by atoms with Gasteiger partial charge in [-0.2, -0.15) is 0 Å². The van der Waals surface area contributed by atoms with E-state index in [-0.39, 0.29) is 5.88 Å². The quantitative estimate of drug-likeness (QED) is 0.515. The lowest BCUT2D eigenvalue weighted by atomic mass is 9.85. The van der Waals surface area contributed by atoms with Gasteiger partial charge in [-0.25, -0.2) is 4.79 Å². The van der Waals surface area contributed by atoms with E-state index in [2.05, 4.69) is 20.2 Å². The summed E-state index contributed by atoms with van der Waals surface area (Å²) in [6, 6.07) is 7.39. The number of methoxy groups -OCH3 is 1. The molecule has 0 saturated carbocycles. The Balaban J connectivity index is 1.99. The fraction of sp³-hybridized carbons (Fsp3) is 0.188. The highest BCUT2D eigenvalue weighted by atomic mass is 16.5. The number of hydrogen-bond acceptors (Lipinski definition) is 5. The van der Waals surface area contributed by atoms with Gasteiger partial charge in [0.15, 0.2) is 0 Å². The third-order valence-corrected chi connectivity index (χ3v) is 4.13. The molecule has 0 spiro atoms. The number of H-pyrrole nitrogens is 3. The van der Waals surface area contributed by atoms with Gasteiger partial charge < -0.3 is 9.47 Å². The lowest BCUT2D eigenvalue weighted by Gasteiger charge is -2.24. The first kappa shape index (κ1) is 14.3. The monoisotopic (exact) mass is 326 g/mol. The lowest BCUT2D eigenvalue weighted by Crippen LogP contribution is -2.30. The second-order valence-corrected chi connectivity index (χ2v) is 5.53. The first-order valence-corrected chi connectivity index (χ1v) is 7.31. The predicted octanol–water partition coefficient (Wildman–Crippen LogP) is 1.39. The van der Waals surface area contributed by atoms with E-state index in [0.29, 0.717) is 17.2 Å². The van der Waals surface area contributed by atoms with Crippen LogP contribution in [0.3, 0.4) is 0 Å². The molecule has 8 nitrogen and oxygen atoms in total. The molecule has 3 N–H and O–H groups in total. The number of aromatic nitrogens is 4. The van der Waals surface area contributed by atoms with Crippen LogP contribution in [-0.2, 0) is 0 Å². The fourth-order valence-corrected chi connectivity index (χ4v) is 3.02. The van der Waals surface area contributed by atoms with Crippen molar-refractivity contribution in [3.05, 3.63) is 67.5 Å². The van der Waals surface area contributed by atoms with Crippen molar-refractivity contribution in [3.8, 4) is 17.5 Å². The third-order valence-electron chi connectivity index (χ3n) is 4.13. The zero-order chi connectivity index (χ0) is 16.8. The van der Waals surface area contributed by atoms with Gasteiger partial charge in [0, 0.05) is 11.3 Å². The summed E-state index contributed by atoms with van der Waals surface area (Å²) in [5, 5.41) is 6.98. The summed E-state index contributed by atoms with van der Waals surface area (Å²) in [6.45, 7) is 1.86. The molecule has 0 amide bonds. The molecular formula is C16H14N4O4. The molecule has 122 valence electrons. The highest BCUT2D eigenvalue weighted by molar-refractivity contribution is 5.55. The molecule has 2 aromatic heterocycles. The van der Waals surface area contributed by atoms with Crippen molar-refractivity contribution in [1.82, 2.24) is 20.2 Å². The van der Waals surface area contributed by atoms with E-state index in [0.717, 1.165) is 16.8 Å². The molecule has 0 saturated heterocycles. The minimum absolute atomic E-state index is 0.114. The molecule has 0 radical (unpaired) electrons. The van der Waals surface area contributed by atoms with Crippen LogP contribution in [0.15, 0.2) is 33.9 Å². The second-order valence-electron chi connectivity index (χ2n) is 5.53. The second kappa shape index (κ2) is 5.12. The van der Waals surface area contributed by atoms with Crippen LogP contribution >= 0.6 is 0 Å². The molecule has 1 aromatic carbocycles. The Labute approximate surface area is 135 Å². The van der Waals surface area contributed by atoms with Crippen LogP contribution in [0.2, 0.25) is 0 Å². The summed E-state index contributed by atoms with van der Waals surface area (Å²) in [5.74, 6) is 0.769. The van der Waals surface area contributed by atoms with Crippen molar-refractivity contribution < 1.29 is 9.47 Å². The van der Waals surface area contributed by atoms with Crippen LogP contribution in [0.4, 0.5) is 0 Å². The molecule has 24 heavy (non-hydrogen) atoms. The highest BCUT2D eigenvalue weighted by Crippen LogP contribution is 2.44. The highest BCUT2D eigenvalue weighted by Gasteiger charge is 2.35. The Morgan fingerprint density at radius 3 is 2.58 bits per heavy atom. The van der Waals surface area contributed by atoms with Crippen molar-refractivity contribution in [3.63, 3.8) is 0 Å². The number of fused-ring (bicyclic) bond motifs is 2. The Morgan fingerprint density at radius 2 is 1.88 bits per heavy atom. The topological polar surface area (TPSA) is 113 Å². The molecule has 1 aliphatic heterocycles. The lowest BCUT2D eigenvalue weighted by molar-refractivity contribution is 0.410. The standard InChI is InChI=1S/C16H14N4O4/c1-7-10-11(8-3-5-9(23-2)6-4-8)12-13(21)17-16(22)18-14(12)24-15(10)20-19-7/h3-6,11H,1-2H3,(H,19,20)(H2,17,18,21,22). The number of ether oxygens (including phenoxy) is 2. The first-order chi connectivity index (χ1) is 11.6. The summed E-state index contributed by atoms with van der Waals surface area (Å²) in [4.78, 5) is 28.8. The molecule has 3 aromatic rings. The molecule has 1 unspecified atom stereocenters. The largest absolute Gasteiger partial charge is 0.497 e. The van der Waals surface area contributed by atoms with Gasteiger partial charge in [0.05, 0.1) is 18.6 Å². The summed E-state index contributed by atoms with van der Waals surface area (Å²) in [5.41, 5.74) is 1.66. The molecular weight excluding hydrogens is 312 g/mol. The van der Waals surface area contributed by atoms with E-state index in [1.807, 2.05) is 31.2 Å². The Hall–Kier alpha value is -3.29. The fourth-order valence-electron chi connectivity index (χ4n) is 3.02. The predicted molar refractivity (Wildman–Crippen MR) is 85.0 cm³/mol. The molecule has 1 atom stereocenters. The number of rotatable bonds is 2. The SMILES string of the molecule is COc1ccc(C2c3c(n[nH]c3C)Oc3[nH]c(=O)[nH]c(=O)c32)cc1. The van der Waals surface area contributed by atoms with Crippen LogP contribution in [-0.4, -0.2) is 27.3 Å². The van der Waals surface area contributed by atoms with Crippen LogP contribution < -0.4 is 20.7 Å². The Bertz CT molecular complexity index is 1030. The van der Waals surface area contributed by atoms with E-state index in [4.69, 9.17) is 9.47 Å². The molecule has 0 aliphatic carbocycles. The smallest absolute Gasteiger partial charge is 0.328 e. The van der Waals surface area contributed by atoms with Crippen molar-refractivity contribution in [2.45, 2.75) is 12.8 Å². The maximum Gasteiger partial charge on any atom is 0.328 e. The maximum absolute atomic E-state index is 12.4. The molecule has 1 aliphatic rings. The van der Waals surface area contributed by atoms with Crippen LogP contribution in [0.25, 0.3) is 0 Å². The van der Waals surface area contributed by atoms with Crippen molar-refractivity contribution in [1.29, 1.82) is 0 Å². The Kier molecular flexibility index (Phi) is 3.05. The average Bonchev–Trinajstić information content (AvgIpc) is 2.94. The van der Waals surface area contributed by atoms with Crippen molar-refractivity contribution >= 4 is 0 Å². The first-order valence-electron chi connectivity index (χ1n) is 7.31. The molecule has 3 heterocycles. The zero-order valence-electron chi connectivity index (χ0n) is 13.0. The number of aryl methyl sites for hydroxylation is 1. The molecule has 4 rings (SSSR count). The van der Waals surface area contributed by atoms with E-state index in [1.165, 1.54) is 0 Å². The summed E-state index contributed by atoms with van der Waals surface area (Å²) >= 11 is 0. The van der Waals surface area contributed by atoms with Crippen LogP contribution in [0, 0.1) is 6.92 Å². The van der Waals surface area contributed by atoms with Crippen molar-refractivity contribution in [2.24, 2.45) is 0 Å². The van der Waals surface area contributed by atoms with Gasteiger partial charge in [-0.05, 0) is 24.6 Å². The number of nitrogens with one attached hydrogen (secondary N) is 3. The zero-order valence-corrected chi connectivity index (χ0v) is 13.0. The normalized spacial score (nSPS) is 15.3. The van der Waals surface area contributed by atoms with Crippen LogP contribution in [0.1, 0.15) is 28.3 Å². The van der Waals surface area contributed by atoms with E-state index < -0.39 is 17.2 Å². The average molecular weight is 326 g/mol. The van der Waals surface area contributed by atoms with E-state index in [9.17, 15) is 9.59 Å². The minimum atomic E-state index is -0.622. The third kappa shape index (κ3) is 2.03. The Morgan fingerprint density at radius 1 is 1.12 bits per heavy atom. The molecule has 0 bridgehead atoms. The van der Waals surface area contributed by atoms with Gasteiger partial charge in [0.2, 0.25) is 11.8 Å². The minimum Gasteiger partial charge on any atom is -0.497 e. The van der Waals surface area contributed by atoms with Gasteiger partial charge in [0.25, 0.3) is 5.56 Å². The molecule has 0 fully saturated rings. The van der Waals surface area contributed by atoms with Crippen molar-refractivity contribution in [2.75, 3.05) is 7.11 Å². The molecule has 8 heteroatoms. The van der Waals surface area contributed by atoms with Gasteiger partial charge >= 0.3 is 5.69 Å². The summed E-state index contributed by atoms with van der Waals surface area (Å²) in [6.07, 6.45) is 0. The van der Waals surface area contributed by atoms with Gasteiger partial charge in [-0.3, -0.25) is 19.9 Å². The maximum atomic E-state index is 12.4. The summed E-state index contributed by atoms with van der Waals surface area (Å²) in [7, 11) is 1.59. The number of benzene rings is 1. The van der Waals surface area contributed by atoms with E-state index in [1.54, 1.807) is 7.11 Å². The van der Waals surface area contributed by atoms with Crippen LogP contribution in [0.5, 0.6) is 17.5 Å². The van der Waals surface area contributed by atoms with Gasteiger partial charge in [-0.1, -0.05) is 12.1 Å².